The molecule has 0 rings (SSSR count). The van der Waals surface area contributed by atoms with Crippen LogP contribution in [0.2, 0.25) is 0 Å². The predicted molar refractivity (Wildman–Crippen MR) is 40.0 cm³/mol. The van der Waals surface area contributed by atoms with Crippen LogP contribution in [0.1, 0.15) is 27.2 Å². The normalized spacial score (nSPS) is 13.6. The minimum absolute atomic E-state index is 0.0671. The van der Waals surface area contributed by atoms with Crippen LogP contribution in [-0.4, -0.2) is 23.2 Å². The van der Waals surface area contributed by atoms with E-state index in [2.05, 4.69) is 5.32 Å². The Kier molecular flexibility index (Phi) is 4.03. The molecule has 0 bridgehead atoms. The van der Waals surface area contributed by atoms with E-state index in [9.17, 15) is 4.79 Å². The summed E-state index contributed by atoms with van der Waals surface area (Å²) < 4.78 is 0. The lowest BCUT2D eigenvalue weighted by molar-refractivity contribution is -0.137. The zero-order valence-corrected chi connectivity index (χ0v) is 6.72. The fraction of sp³-hybridized carbons (Fsp3) is 0.857. The standard InChI is InChI=1S/C7H15NO2/c1-5(2)8-6(3)4-7(9)10/h5-6,8H,4H2,1-3H3,(H,9,10)/t6-/m1/s1. The predicted octanol–water partition coefficient (Wildman–Crippen LogP) is 0.848. The molecule has 0 amide bonds. The number of aliphatic carboxylic acids is 1. The van der Waals surface area contributed by atoms with Crippen LogP contribution < -0.4 is 5.32 Å². The molecule has 0 aliphatic heterocycles. The molecule has 0 spiro atoms. The molecule has 0 aromatic heterocycles. The summed E-state index contributed by atoms with van der Waals surface area (Å²) in [6.45, 7) is 5.87. The summed E-state index contributed by atoms with van der Waals surface area (Å²) in [6.07, 6.45) is 0.193. The first-order chi connectivity index (χ1) is 4.52. The van der Waals surface area contributed by atoms with Gasteiger partial charge < -0.3 is 10.4 Å². The lowest BCUT2D eigenvalue weighted by atomic mass is 10.2. The van der Waals surface area contributed by atoms with Crippen molar-refractivity contribution >= 4 is 5.97 Å². The Labute approximate surface area is 61.4 Å². The SMILES string of the molecule is CC(C)N[C@H](C)CC(=O)O. The fourth-order valence-corrected chi connectivity index (χ4v) is 0.890. The highest BCUT2D eigenvalue weighted by atomic mass is 16.4. The fourth-order valence-electron chi connectivity index (χ4n) is 0.890. The number of carboxylic acid groups (broad SMARTS) is 1. The summed E-state index contributed by atoms with van der Waals surface area (Å²) in [4.78, 5) is 10.2. The molecular weight excluding hydrogens is 130 g/mol. The smallest absolute Gasteiger partial charge is 0.304 e. The van der Waals surface area contributed by atoms with Crippen molar-refractivity contribution in [1.82, 2.24) is 5.32 Å². The number of nitrogens with one attached hydrogen (secondary N) is 1. The van der Waals surface area contributed by atoms with E-state index in [1.165, 1.54) is 0 Å². The van der Waals surface area contributed by atoms with Gasteiger partial charge in [0.1, 0.15) is 0 Å². The Hall–Kier alpha value is -0.570. The number of carbonyl (C=O) groups is 1. The van der Waals surface area contributed by atoms with Crippen molar-refractivity contribution < 1.29 is 9.90 Å². The second-order valence-electron chi connectivity index (χ2n) is 2.82. The molecule has 0 aromatic carbocycles. The number of rotatable bonds is 4. The molecule has 0 radical (unpaired) electrons. The highest BCUT2D eigenvalue weighted by molar-refractivity contribution is 5.67. The van der Waals surface area contributed by atoms with Gasteiger partial charge in [-0.2, -0.15) is 0 Å². The van der Waals surface area contributed by atoms with E-state index in [0.29, 0.717) is 6.04 Å². The third-order valence-corrected chi connectivity index (χ3v) is 1.10. The van der Waals surface area contributed by atoms with Crippen molar-refractivity contribution in [2.24, 2.45) is 0 Å². The van der Waals surface area contributed by atoms with E-state index in [1.807, 2.05) is 20.8 Å². The average Bonchev–Trinajstić information content (AvgIpc) is 1.58. The van der Waals surface area contributed by atoms with Crippen LogP contribution in [0.15, 0.2) is 0 Å². The molecule has 0 fully saturated rings. The van der Waals surface area contributed by atoms with Crippen molar-refractivity contribution in [2.75, 3.05) is 0 Å². The summed E-state index contributed by atoms with van der Waals surface area (Å²) in [7, 11) is 0. The van der Waals surface area contributed by atoms with Gasteiger partial charge in [0.25, 0.3) is 0 Å². The molecule has 0 aromatic rings. The minimum Gasteiger partial charge on any atom is -0.481 e. The maximum absolute atomic E-state index is 10.2. The van der Waals surface area contributed by atoms with Crippen LogP contribution in [0.4, 0.5) is 0 Å². The molecule has 0 unspecified atom stereocenters. The van der Waals surface area contributed by atoms with Crippen LogP contribution in [0.25, 0.3) is 0 Å². The first-order valence-corrected chi connectivity index (χ1v) is 3.50. The van der Waals surface area contributed by atoms with Crippen LogP contribution in [0.3, 0.4) is 0 Å². The Morgan fingerprint density at radius 1 is 1.50 bits per heavy atom. The van der Waals surface area contributed by atoms with E-state index in [1.54, 1.807) is 0 Å². The van der Waals surface area contributed by atoms with Gasteiger partial charge in [0.05, 0.1) is 6.42 Å². The van der Waals surface area contributed by atoms with E-state index in [-0.39, 0.29) is 12.5 Å². The quantitative estimate of drug-likeness (QED) is 0.616. The molecule has 0 saturated heterocycles. The molecule has 0 aliphatic carbocycles. The third-order valence-electron chi connectivity index (χ3n) is 1.10. The van der Waals surface area contributed by atoms with Gasteiger partial charge in [0.15, 0.2) is 0 Å². The molecule has 0 aliphatic rings. The first kappa shape index (κ1) is 9.43. The van der Waals surface area contributed by atoms with E-state index >= 15 is 0 Å². The van der Waals surface area contributed by atoms with Crippen molar-refractivity contribution in [2.45, 2.75) is 39.3 Å². The van der Waals surface area contributed by atoms with Gasteiger partial charge in [-0.15, -0.1) is 0 Å². The van der Waals surface area contributed by atoms with Crippen LogP contribution >= 0.6 is 0 Å². The monoisotopic (exact) mass is 145 g/mol. The van der Waals surface area contributed by atoms with Gasteiger partial charge in [-0.25, -0.2) is 0 Å². The van der Waals surface area contributed by atoms with E-state index in [0.717, 1.165) is 0 Å². The molecule has 3 nitrogen and oxygen atoms in total. The molecular formula is C7H15NO2. The van der Waals surface area contributed by atoms with Crippen LogP contribution in [0, 0.1) is 0 Å². The molecule has 60 valence electrons. The van der Waals surface area contributed by atoms with Crippen molar-refractivity contribution in [3.8, 4) is 0 Å². The third kappa shape index (κ3) is 5.56. The second-order valence-corrected chi connectivity index (χ2v) is 2.82. The van der Waals surface area contributed by atoms with Crippen molar-refractivity contribution in [1.29, 1.82) is 0 Å². The van der Waals surface area contributed by atoms with Gasteiger partial charge in [-0.1, -0.05) is 13.8 Å². The number of hydrogen-bond donors (Lipinski definition) is 2. The maximum atomic E-state index is 10.2. The average molecular weight is 145 g/mol. The minimum atomic E-state index is -0.749. The lowest BCUT2D eigenvalue weighted by Crippen LogP contribution is -2.33. The van der Waals surface area contributed by atoms with E-state index in [4.69, 9.17) is 5.11 Å². The largest absolute Gasteiger partial charge is 0.481 e. The summed E-state index contributed by atoms with van der Waals surface area (Å²) in [5.41, 5.74) is 0. The summed E-state index contributed by atoms with van der Waals surface area (Å²) in [5, 5.41) is 11.4. The van der Waals surface area contributed by atoms with Gasteiger partial charge >= 0.3 is 5.97 Å². The Morgan fingerprint density at radius 2 is 2.00 bits per heavy atom. The van der Waals surface area contributed by atoms with Crippen LogP contribution in [-0.2, 0) is 4.79 Å². The van der Waals surface area contributed by atoms with Gasteiger partial charge in [0, 0.05) is 12.1 Å². The van der Waals surface area contributed by atoms with E-state index < -0.39 is 5.97 Å². The van der Waals surface area contributed by atoms with Gasteiger partial charge in [-0.05, 0) is 6.92 Å². The second kappa shape index (κ2) is 4.28. The molecule has 1 atom stereocenters. The molecule has 0 heterocycles. The zero-order chi connectivity index (χ0) is 8.15. The Bertz CT molecular complexity index is 112. The first-order valence-electron chi connectivity index (χ1n) is 3.50. The zero-order valence-electron chi connectivity index (χ0n) is 6.72. The summed E-state index contributed by atoms with van der Waals surface area (Å²) in [6, 6.07) is 0.423. The lowest BCUT2D eigenvalue weighted by Gasteiger charge is -2.13. The number of hydrogen-bond acceptors (Lipinski definition) is 2. The number of carboxylic acids is 1. The topological polar surface area (TPSA) is 49.3 Å². The van der Waals surface area contributed by atoms with Gasteiger partial charge in [-0.3, -0.25) is 4.79 Å². The Balaban J connectivity index is 3.43. The van der Waals surface area contributed by atoms with Crippen LogP contribution in [0.5, 0.6) is 0 Å². The highest BCUT2D eigenvalue weighted by Gasteiger charge is 2.06. The van der Waals surface area contributed by atoms with Crippen molar-refractivity contribution in [3.05, 3.63) is 0 Å². The van der Waals surface area contributed by atoms with Gasteiger partial charge in [0.2, 0.25) is 0 Å². The molecule has 3 heteroatoms. The molecule has 2 N–H and O–H groups in total. The molecule has 0 saturated carbocycles. The van der Waals surface area contributed by atoms with Crippen molar-refractivity contribution in [3.63, 3.8) is 0 Å². The summed E-state index contributed by atoms with van der Waals surface area (Å²) in [5.74, 6) is -0.749. The summed E-state index contributed by atoms with van der Waals surface area (Å²) >= 11 is 0. The highest BCUT2D eigenvalue weighted by Crippen LogP contribution is 1.91. The maximum Gasteiger partial charge on any atom is 0.304 e. The molecule has 10 heavy (non-hydrogen) atoms. The Morgan fingerprint density at radius 3 is 2.30 bits per heavy atom.